The van der Waals surface area contributed by atoms with Crippen molar-refractivity contribution in [2.24, 2.45) is 0 Å². The van der Waals surface area contributed by atoms with Crippen molar-refractivity contribution in [2.45, 2.75) is 0 Å². The largest absolute Gasteiger partial charge is 0.376 e. The highest BCUT2D eigenvalue weighted by atomic mass is 16.6. The average molecular weight is 342 g/mol. The SMILES string of the molecule is CN(C)C(=O)c1cccc(NC(=O)CNc2cccc([N+](=O)[O-])c2)c1. The lowest BCUT2D eigenvalue weighted by Gasteiger charge is -2.12. The van der Waals surface area contributed by atoms with Crippen LogP contribution < -0.4 is 10.6 Å². The van der Waals surface area contributed by atoms with Crippen molar-refractivity contribution < 1.29 is 14.5 Å². The minimum atomic E-state index is -0.501. The zero-order valence-corrected chi connectivity index (χ0v) is 13.9. The molecule has 0 aliphatic rings. The molecule has 0 saturated heterocycles. The van der Waals surface area contributed by atoms with Gasteiger partial charge < -0.3 is 15.5 Å². The van der Waals surface area contributed by atoms with Gasteiger partial charge in [0, 0.05) is 43.2 Å². The number of nitro groups is 1. The van der Waals surface area contributed by atoms with Gasteiger partial charge >= 0.3 is 0 Å². The predicted molar refractivity (Wildman–Crippen MR) is 94.7 cm³/mol. The maximum absolute atomic E-state index is 12.0. The summed E-state index contributed by atoms with van der Waals surface area (Å²) in [6.45, 7) is -0.0625. The topological polar surface area (TPSA) is 105 Å². The van der Waals surface area contributed by atoms with Crippen molar-refractivity contribution in [1.82, 2.24) is 4.90 Å². The molecule has 0 spiro atoms. The molecule has 8 nitrogen and oxygen atoms in total. The van der Waals surface area contributed by atoms with Gasteiger partial charge in [-0.2, -0.15) is 0 Å². The molecule has 0 aliphatic carbocycles. The second-order valence-corrected chi connectivity index (χ2v) is 5.49. The van der Waals surface area contributed by atoms with E-state index in [0.29, 0.717) is 16.9 Å². The fraction of sp³-hybridized carbons (Fsp3) is 0.176. The molecule has 0 aliphatic heterocycles. The minimum Gasteiger partial charge on any atom is -0.376 e. The molecule has 0 fully saturated rings. The van der Waals surface area contributed by atoms with Gasteiger partial charge in [-0.1, -0.05) is 12.1 Å². The first kappa shape index (κ1) is 17.9. The van der Waals surface area contributed by atoms with Crippen LogP contribution in [0.4, 0.5) is 17.1 Å². The molecule has 0 unspecified atom stereocenters. The molecule has 0 aromatic heterocycles. The first-order chi connectivity index (χ1) is 11.9. The van der Waals surface area contributed by atoms with Crippen LogP contribution in [0, 0.1) is 10.1 Å². The van der Waals surface area contributed by atoms with E-state index in [1.54, 1.807) is 44.4 Å². The van der Waals surface area contributed by atoms with E-state index >= 15 is 0 Å². The van der Waals surface area contributed by atoms with Gasteiger partial charge in [0.25, 0.3) is 11.6 Å². The zero-order valence-electron chi connectivity index (χ0n) is 13.9. The van der Waals surface area contributed by atoms with Gasteiger partial charge in [0.15, 0.2) is 0 Å². The molecule has 130 valence electrons. The Bertz CT molecular complexity index is 805. The number of amides is 2. The minimum absolute atomic E-state index is 0.0553. The van der Waals surface area contributed by atoms with Gasteiger partial charge in [0.05, 0.1) is 11.5 Å². The summed E-state index contributed by atoms with van der Waals surface area (Å²) in [6.07, 6.45) is 0. The molecule has 2 amide bonds. The average Bonchev–Trinajstić information content (AvgIpc) is 2.59. The predicted octanol–water partition coefficient (Wildman–Crippen LogP) is 2.35. The van der Waals surface area contributed by atoms with Gasteiger partial charge in [0.2, 0.25) is 5.91 Å². The van der Waals surface area contributed by atoms with Crippen molar-refractivity contribution in [3.8, 4) is 0 Å². The Balaban J connectivity index is 1.97. The molecule has 2 rings (SSSR count). The molecule has 0 saturated carbocycles. The third-order valence-electron chi connectivity index (χ3n) is 3.31. The number of anilines is 2. The van der Waals surface area contributed by atoms with Crippen molar-refractivity contribution in [3.05, 3.63) is 64.2 Å². The van der Waals surface area contributed by atoms with Crippen LogP contribution in [-0.4, -0.2) is 42.3 Å². The standard InChI is InChI=1S/C17H18N4O4/c1-20(2)17(23)12-5-3-7-14(9-12)19-16(22)11-18-13-6-4-8-15(10-13)21(24)25/h3-10,18H,11H2,1-2H3,(H,19,22). The number of nitrogens with zero attached hydrogens (tertiary/aromatic N) is 2. The molecule has 0 heterocycles. The second-order valence-electron chi connectivity index (χ2n) is 5.49. The van der Waals surface area contributed by atoms with E-state index in [0.717, 1.165) is 0 Å². The third kappa shape index (κ3) is 5.03. The van der Waals surface area contributed by atoms with Gasteiger partial charge in [-0.25, -0.2) is 0 Å². The van der Waals surface area contributed by atoms with Crippen LogP contribution in [0.1, 0.15) is 10.4 Å². The Labute approximate surface area is 144 Å². The highest BCUT2D eigenvalue weighted by Gasteiger charge is 2.10. The molecule has 0 radical (unpaired) electrons. The van der Waals surface area contributed by atoms with Crippen LogP contribution >= 0.6 is 0 Å². The van der Waals surface area contributed by atoms with Gasteiger partial charge in [-0.3, -0.25) is 19.7 Å². The normalized spacial score (nSPS) is 10.0. The number of carbonyl (C=O) groups is 2. The summed E-state index contributed by atoms with van der Waals surface area (Å²) in [4.78, 5) is 35.6. The summed E-state index contributed by atoms with van der Waals surface area (Å²) in [5, 5.41) is 16.2. The van der Waals surface area contributed by atoms with Crippen LogP contribution in [-0.2, 0) is 4.79 Å². The van der Waals surface area contributed by atoms with E-state index in [9.17, 15) is 19.7 Å². The van der Waals surface area contributed by atoms with Crippen molar-refractivity contribution in [2.75, 3.05) is 31.3 Å². The fourth-order valence-electron chi connectivity index (χ4n) is 2.11. The molecular formula is C17H18N4O4. The Hall–Kier alpha value is -3.42. The molecule has 2 aromatic rings. The lowest BCUT2D eigenvalue weighted by Crippen LogP contribution is -2.23. The van der Waals surface area contributed by atoms with E-state index in [-0.39, 0.29) is 24.0 Å². The summed E-state index contributed by atoms with van der Waals surface area (Å²) < 4.78 is 0. The van der Waals surface area contributed by atoms with Crippen LogP contribution in [0.15, 0.2) is 48.5 Å². The number of carbonyl (C=O) groups excluding carboxylic acids is 2. The van der Waals surface area contributed by atoms with Gasteiger partial charge in [0.1, 0.15) is 0 Å². The summed E-state index contributed by atoms with van der Waals surface area (Å²) in [5.74, 6) is -0.494. The molecule has 25 heavy (non-hydrogen) atoms. The maximum atomic E-state index is 12.0. The number of hydrogen-bond acceptors (Lipinski definition) is 5. The van der Waals surface area contributed by atoms with E-state index in [1.165, 1.54) is 23.1 Å². The fourth-order valence-corrected chi connectivity index (χ4v) is 2.11. The quantitative estimate of drug-likeness (QED) is 0.619. The number of benzene rings is 2. The molecule has 8 heteroatoms. The van der Waals surface area contributed by atoms with Gasteiger partial charge in [-0.05, 0) is 24.3 Å². The molecule has 2 N–H and O–H groups in total. The first-order valence-corrected chi connectivity index (χ1v) is 7.46. The number of non-ortho nitro benzene ring substituents is 1. The van der Waals surface area contributed by atoms with E-state index < -0.39 is 4.92 Å². The maximum Gasteiger partial charge on any atom is 0.271 e. The van der Waals surface area contributed by atoms with Crippen molar-refractivity contribution >= 4 is 28.9 Å². The monoisotopic (exact) mass is 342 g/mol. The van der Waals surface area contributed by atoms with Gasteiger partial charge in [-0.15, -0.1) is 0 Å². The molecule has 2 aromatic carbocycles. The highest BCUT2D eigenvalue weighted by Crippen LogP contribution is 2.17. The molecule has 0 bridgehead atoms. The number of nitro benzene ring substituents is 1. The summed E-state index contributed by atoms with van der Waals surface area (Å²) in [5.41, 5.74) is 1.38. The molecule has 0 atom stereocenters. The lowest BCUT2D eigenvalue weighted by molar-refractivity contribution is -0.384. The second kappa shape index (κ2) is 7.91. The van der Waals surface area contributed by atoms with Crippen LogP contribution in [0.5, 0.6) is 0 Å². The Kier molecular flexibility index (Phi) is 5.67. The number of rotatable bonds is 6. The Morgan fingerprint density at radius 3 is 2.44 bits per heavy atom. The number of nitrogens with one attached hydrogen (secondary N) is 2. The summed E-state index contributed by atoms with van der Waals surface area (Å²) in [7, 11) is 3.30. The number of hydrogen-bond donors (Lipinski definition) is 2. The highest BCUT2D eigenvalue weighted by molar-refractivity contribution is 5.97. The van der Waals surface area contributed by atoms with Crippen LogP contribution in [0.2, 0.25) is 0 Å². The van der Waals surface area contributed by atoms with Crippen LogP contribution in [0.25, 0.3) is 0 Å². The lowest BCUT2D eigenvalue weighted by atomic mass is 10.2. The zero-order chi connectivity index (χ0) is 18.4. The summed E-state index contributed by atoms with van der Waals surface area (Å²) in [6, 6.07) is 12.5. The van der Waals surface area contributed by atoms with E-state index in [1.807, 2.05) is 0 Å². The van der Waals surface area contributed by atoms with Crippen molar-refractivity contribution in [1.29, 1.82) is 0 Å². The Morgan fingerprint density at radius 1 is 1.08 bits per heavy atom. The smallest absolute Gasteiger partial charge is 0.271 e. The van der Waals surface area contributed by atoms with Crippen molar-refractivity contribution in [3.63, 3.8) is 0 Å². The Morgan fingerprint density at radius 2 is 1.76 bits per heavy atom. The van der Waals surface area contributed by atoms with E-state index in [4.69, 9.17) is 0 Å². The van der Waals surface area contributed by atoms with E-state index in [2.05, 4.69) is 10.6 Å². The first-order valence-electron chi connectivity index (χ1n) is 7.46. The summed E-state index contributed by atoms with van der Waals surface area (Å²) >= 11 is 0. The molecular weight excluding hydrogens is 324 g/mol. The van der Waals surface area contributed by atoms with Crippen LogP contribution in [0.3, 0.4) is 0 Å². The third-order valence-corrected chi connectivity index (χ3v) is 3.31.